The molecule has 8 heteroatoms. The topological polar surface area (TPSA) is 78.8 Å². The van der Waals surface area contributed by atoms with Crippen LogP contribution in [0.25, 0.3) is 5.69 Å². The minimum absolute atomic E-state index is 0.823. The zero-order valence-corrected chi connectivity index (χ0v) is 14.1. The van der Waals surface area contributed by atoms with Crippen LogP contribution in [0.2, 0.25) is 0 Å². The van der Waals surface area contributed by atoms with Crippen molar-refractivity contribution in [3.63, 3.8) is 0 Å². The van der Waals surface area contributed by atoms with Gasteiger partial charge < -0.3 is 4.90 Å². The Hall–Kier alpha value is -2.74. The van der Waals surface area contributed by atoms with E-state index in [0.29, 0.717) is 0 Å². The van der Waals surface area contributed by atoms with Crippen LogP contribution in [0.3, 0.4) is 0 Å². The van der Waals surface area contributed by atoms with Crippen LogP contribution in [0.5, 0.6) is 0 Å². The third kappa shape index (κ3) is 3.69. The first kappa shape index (κ1) is 15.8. The van der Waals surface area contributed by atoms with Crippen LogP contribution in [0.15, 0.2) is 42.7 Å². The number of anilines is 1. The van der Waals surface area contributed by atoms with Crippen LogP contribution in [0, 0.1) is 0 Å². The van der Waals surface area contributed by atoms with Gasteiger partial charge in [-0.3, -0.25) is 10.00 Å². The first-order valence-corrected chi connectivity index (χ1v) is 8.69. The fourth-order valence-electron chi connectivity index (χ4n) is 3.21. The summed E-state index contributed by atoms with van der Waals surface area (Å²) in [5.74, 6) is 0.823. The zero-order valence-electron chi connectivity index (χ0n) is 14.1. The first-order chi connectivity index (χ1) is 12.4. The second-order valence-electron chi connectivity index (χ2n) is 6.27. The molecule has 3 heterocycles. The van der Waals surface area contributed by atoms with E-state index in [9.17, 15) is 0 Å². The van der Waals surface area contributed by atoms with Crippen molar-refractivity contribution in [2.24, 2.45) is 0 Å². The quantitative estimate of drug-likeness (QED) is 0.726. The summed E-state index contributed by atoms with van der Waals surface area (Å²) < 4.78 is 1.81. The molecule has 0 saturated carbocycles. The minimum Gasteiger partial charge on any atom is -0.337 e. The summed E-state index contributed by atoms with van der Waals surface area (Å²) in [6.45, 7) is 5.07. The maximum Gasteiger partial charge on any atom is 0.250 e. The zero-order chi connectivity index (χ0) is 16.9. The molecule has 0 bridgehead atoms. The number of hydrogen-bond acceptors (Lipinski definition) is 6. The molecule has 0 atom stereocenters. The number of nitrogens with one attached hydrogen (secondary N) is 1. The van der Waals surface area contributed by atoms with Crippen molar-refractivity contribution in [2.45, 2.75) is 12.8 Å². The molecule has 4 rings (SSSR count). The Morgan fingerprint density at radius 1 is 1.04 bits per heavy atom. The Balaban J connectivity index is 1.31. The monoisotopic (exact) mass is 338 g/mol. The molecule has 1 saturated heterocycles. The van der Waals surface area contributed by atoms with Gasteiger partial charge in [-0.05, 0) is 47.5 Å². The molecular formula is C17H22N8. The molecule has 25 heavy (non-hydrogen) atoms. The lowest BCUT2D eigenvalue weighted by Crippen LogP contribution is -2.47. The summed E-state index contributed by atoms with van der Waals surface area (Å²) in [5, 5.41) is 19.1. The molecule has 2 aromatic heterocycles. The third-order valence-corrected chi connectivity index (χ3v) is 4.60. The second kappa shape index (κ2) is 7.43. The fourth-order valence-corrected chi connectivity index (χ4v) is 3.21. The van der Waals surface area contributed by atoms with Crippen molar-refractivity contribution in [1.82, 2.24) is 35.3 Å². The van der Waals surface area contributed by atoms with Gasteiger partial charge in [0, 0.05) is 32.4 Å². The molecule has 0 unspecified atom stereocenters. The highest BCUT2D eigenvalue weighted by molar-refractivity contribution is 5.40. The van der Waals surface area contributed by atoms with E-state index in [2.05, 4.69) is 35.5 Å². The van der Waals surface area contributed by atoms with Crippen LogP contribution >= 0.6 is 0 Å². The Labute approximate surface area is 146 Å². The lowest BCUT2D eigenvalue weighted by Gasteiger charge is -2.34. The van der Waals surface area contributed by atoms with Gasteiger partial charge in [0.15, 0.2) is 0 Å². The maximum atomic E-state index is 4.24. The van der Waals surface area contributed by atoms with Crippen molar-refractivity contribution in [1.29, 1.82) is 0 Å². The number of aromatic amines is 1. The summed E-state index contributed by atoms with van der Waals surface area (Å²) in [6, 6.07) is 10.0. The molecule has 1 fully saturated rings. The fraction of sp³-hybridized carbons (Fsp3) is 0.412. The highest BCUT2D eigenvalue weighted by Gasteiger charge is 2.21. The Morgan fingerprint density at radius 3 is 2.64 bits per heavy atom. The lowest BCUT2D eigenvalue weighted by atomic mass is 10.2. The number of H-pyrrole nitrogens is 1. The number of tetrazole rings is 1. The molecule has 0 spiro atoms. The number of hydrogen-bond donors (Lipinski definition) is 1. The molecule has 0 amide bonds. The van der Waals surface area contributed by atoms with E-state index in [1.54, 1.807) is 0 Å². The lowest BCUT2D eigenvalue weighted by molar-refractivity contribution is 0.253. The molecule has 1 aliphatic rings. The highest BCUT2D eigenvalue weighted by Crippen LogP contribution is 2.17. The van der Waals surface area contributed by atoms with E-state index in [4.69, 9.17) is 0 Å². The molecule has 0 radical (unpaired) electrons. The van der Waals surface area contributed by atoms with Crippen molar-refractivity contribution in [3.05, 3.63) is 48.3 Å². The van der Waals surface area contributed by atoms with Gasteiger partial charge in [-0.2, -0.15) is 9.78 Å². The molecular weight excluding hydrogens is 316 g/mol. The number of benzene rings is 1. The third-order valence-electron chi connectivity index (χ3n) is 4.60. The summed E-state index contributed by atoms with van der Waals surface area (Å²) >= 11 is 0. The smallest absolute Gasteiger partial charge is 0.250 e. The van der Waals surface area contributed by atoms with E-state index >= 15 is 0 Å². The number of nitrogens with zero attached hydrogens (tertiary/aromatic N) is 7. The van der Waals surface area contributed by atoms with Crippen molar-refractivity contribution in [2.75, 3.05) is 37.6 Å². The molecule has 130 valence electrons. The van der Waals surface area contributed by atoms with Crippen LogP contribution in [0.4, 0.5) is 5.95 Å². The Morgan fingerprint density at radius 2 is 1.88 bits per heavy atom. The summed E-state index contributed by atoms with van der Waals surface area (Å²) in [5.41, 5.74) is 2.27. The average molecular weight is 338 g/mol. The van der Waals surface area contributed by atoms with Gasteiger partial charge in [-0.25, -0.2) is 0 Å². The second-order valence-corrected chi connectivity index (χ2v) is 6.27. The number of rotatable bonds is 6. The van der Waals surface area contributed by atoms with Crippen molar-refractivity contribution in [3.8, 4) is 5.69 Å². The van der Waals surface area contributed by atoms with Crippen molar-refractivity contribution < 1.29 is 0 Å². The Kier molecular flexibility index (Phi) is 4.69. The van der Waals surface area contributed by atoms with Gasteiger partial charge in [0.05, 0.1) is 11.9 Å². The van der Waals surface area contributed by atoms with Gasteiger partial charge >= 0.3 is 0 Å². The van der Waals surface area contributed by atoms with E-state index < -0.39 is 0 Å². The molecule has 1 N–H and O–H groups in total. The molecule has 8 nitrogen and oxygen atoms in total. The van der Waals surface area contributed by atoms with E-state index in [1.807, 2.05) is 47.4 Å². The predicted octanol–water partition coefficient (Wildman–Crippen LogP) is 1.14. The van der Waals surface area contributed by atoms with Gasteiger partial charge in [0.2, 0.25) is 5.95 Å². The van der Waals surface area contributed by atoms with Crippen LogP contribution in [-0.2, 0) is 6.42 Å². The molecule has 0 aliphatic carbocycles. The van der Waals surface area contributed by atoms with Gasteiger partial charge in [-0.1, -0.05) is 23.3 Å². The largest absolute Gasteiger partial charge is 0.337 e. The Bertz CT molecular complexity index is 759. The van der Waals surface area contributed by atoms with Gasteiger partial charge in [-0.15, -0.1) is 0 Å². The summed E-state index contributed by atoms with van der Waals surface area (Å²) in [6.07, 6.45) is 6.10. The van der Waals surface area contributed by atoms with Gasteiger partial charge in [0.1, 0.15) is 0 Å². The minimum atomic E-state index is 0.823. The number of para-hydroxylation sites is 1. The summed E-state index contributed by atoms with van der Waals surface area (Å²) in [7, 11) is 0. The first-order valence-electron chi connectivity index (χ1n) is 8.69. The van der Waals surface area contributed by atoms with E-state index in [0.717, 1.165) is 57.2 Å². The van der Waals surface area contributed by atoms with E-state index in [-0.39, 0.29) is 0 Å². The number of aromatic nitrogens is 6. The molecule has 1 aromatic carbocycles. The van der Waals surface area contributed by atoms with E-state index in [1.165, 1.54) is 5.56 Å². The van der Waals surface area contributed by atoms with Crippen LogP contribution in [-0.4, -0.2) is 68.0 Å². The van der Waals surface area contributed by atoms with Crippen LogP contribution < -0.4 is 4.90 Å². The molecule has 1 aliphatic heterocycles. The standard InChI is InChI=1S/C17H22N8/c1-2-6-16(7-3-1)25-17(20-21-22-25)24-11-9-23(10-12-24)8-4-5-15-13-18-19-14-15/h1-3,6-7,13-14H,4-5,8-12H2,(H,18,19). The van der Waals surface area contributed by atoms with Crippen LogP contribution in [0.1, 0.15) is 12.0 Å². The summed E-state index contributed by atoms with van der Waals surface area (Å²) in [4.78, 5) is 4.77. The predicted molar refractivity (Wildman–Crippen MR) is 94.7 cm³/mol. The van der Waals surface area contributed by atoms with Crippen molar-refractivity contribution >= 4 is 5.95 Å². The number of aryl methyl sites for hydroxylation is 1. The highest BCUT2D eigenvalue weighted by atomic mass is 15.6. The molecule has 3 aromatic rings. The maximum absolute atomic E-state index is 4.24. The SMILES string of the molecule is c1ccc(-n2nnnc2N2CCN(CCCc3cn[nH]c3)CC2)cc1. The average Bonchev–Trinajstić information content (AvgIpc) is 3.35. The normalized spacial score (nSPS) is 15.6. The number of piperazine rings is 1. The van der Waals surface area contributed by atoms with Gasteiger partial charge in [0.25, 0.3) is 0 Å².